The SMILES string of the molecule is CCO[S-](=O)=S=O. The maximum atomic E-state index is 9.95. The monoisotopic (exact) mass is 141 g/mol. The second-order valence-electron chi connectivity index (χ2n) is 0.679. The van der Waals surface area contributed by atoms with E-state index in [1.54, 1.807) is 6.92 Å². The minimum Gasteiger partial charge on any atom is -0.442 e. The van der Waals surface area contributed by atoms with Gasteiger partial charge in [-0.2, -0.15) is 0 Å². The number of rotatable bonds is 2. The third-order valence-electron chi connectivity index (χ3n) is 0.270. The minimum absolute atomic E-state index is 0.0506. The predicted octanol–water partition coefficient (Wildman–Crippen LogP) is 0.0297. The van der Waals surface area contributed by atoms with E-state index in [9.17, 15) is 8.42 Å². The zero-order valence-corrected chi connectivity index (χ0v) is 5.38. The quantitative estimate of drug-likeness (QED) is 0.509. The Labute approximate surface area is 46.7 Å². The summed E-state index contributed by atoms with van der Waals surface area (Å²) in [5, 5.41) is 0. The van der Waals surface area contributed by atoms with Gasteiger partial charge in [-0.05, 0) is 17.1 Å². The van der Waals surface area contributed by atoms with Crippen LogP contribution in [0.3, 0.4) is 0 Å². The number of hydrogen-bond acceptors (Lipinski definition) is 4. The fourth-order valence-corrected chi connectivity index (χ4v) is 0.754. The molecular formula is C2H5O3S2-. The molecule has 3 nitrogen and oxygen atoms in total. The molecule has 0 bridgehead atoms. The van der Waals surface area contributed by atoms with Gasteiger partial charge in [0.15, 0.2) is 0 Å². The molecule has 0 aromatic rings. The largest absolute Gasteiger partial charge is 0.442 e. The molecule has 0 heterocycles. The van der Waals surface area contributed by atoms with Crippen molar-refractivity contribution in [1.82, 2.24) is 0 Å². The summed E-state index contributed by atoms with van der Waals surface area (Å²) in [6, 6.07) is 0. The van der Waals surface area contributed by atoms with Crippen molar-refractivity contribution < 1.29 is 12.6 Å². The molecule has 7 heavy (non-hydrogen) atoms. The first-order valence-corrected chi connectivity index (χ1v) is 4.00. The second-order valence-corrected chi connectivity index (χ2v) is 2.68. The molecular weight excluding hydrogens is 136 g/mol. The van der Waals surface area contributed by atoms with Crippen molar-refractivity contribution in [1.29, 1.82) is 0 Å². The highest BCUT2D eigenvalue weighted by Crippen LogP contribution is 1.69. The van der Waals surface area contributed by atoms with E-state index in [0.717, 1.165) is 0 Å². The summed E-state index contributed by atoms with van der Waals surface area (Å²) in [7, 11) is -1.72. The molecule has 0 spiro atoms. The van der Waals surface area contributed by atoms with Crippen LogP contribution in [-0.2, 0) is 28.3 Å². The van der Waals surface area contributed by atoms with E-state index in [-0.39, 0.29) is 10.2 Å². The third-order valence-corrected chi connectivity index (χ3v) is 1.43. The Morgan fingerprint density at radius 3 is 2.57 bits per heavy atom. The highest BCUT2D eigenvalue weighted by atomic mass is 32.8. The van der Waals surface area contributed by atoms with Crippen molar-refractivity contribution in [3.63, 3.8) is 0 Å². The lowest BCUT2D eigenvalue weighted by Crippen LogP contribution is -1.82. The van der Waals surface area contributed by atoms with Crippen LogP contribution in [0.25, 0.3) is 0 Å². The molecule has 0 aliphatic carbocycles. The van der Waals surface area contributed by atoms with Gasteiger partial charge in [0.2, 0.25) is 0 Å². The Morgan fingerprint density at radius 2 is 2.43 bits per heavy atom. The van der Waals surface area contributed by atoms with Crippen LogP contribution in [-0.4, -0.2) is 10.8 Å². The molecule has 0 aromatic carbocycles. The third kappa shape index (κ3) is 3.97. The van der Waals surface area contributed by atoms with Crippen molar-refractivity contribution in [2.24, 2.45) is 0 Å². The van der Waals surface area contributed by atoms with Crippen molar-refractivity contribution in [2.45, 2.75) is 6.92 Å². The topological polar surface area (TPSA) is 43.4 Å². The van der Waals surface area contributed by atoms with Gasteiger partial charge in [-0.15, -0.1) is 0 Å². The standard InChI is InChI=1S/C2H5O3S2/c1-2-5-7(4)6-3/h2H2,1H3/q-1. The first-order valence-electron chi connectivity index (χ1n) is 1.66. The molecule has 0 saturated heterocycles. The summed E-state index contributed by atoms with van der Waals surface area (Å²) in [5.41, 5.74) is 0. The summed E-state index contributed by atoms with van der Waals surface area (Å²) in [6.07, 6.45) is 0. The highest BCUT2D eigenvalue weighted by molar-refractivity contribution is 8.22. The van der Waals surface area contributed by atoms with E-state index < -0.39 is 9.64 Å². The Kier molecular flexibility index (Phi) is 4.37. The molecule has 0 atom stereocenters. The Balaban J connectivity index is 3.61. The van der Waals surface area contributed by atoms with Gasteiger partial charge in [-0.25, -0.2) is 4.21 Å². The van der Waals surface area contributed by atoms with Crippen LogP contribution in [0.4, 0.5) is 0 Å². The molecule has 0 radical (unpaired) electrons. The van der Waals surface area contributed by atoms with Crippen molar-refractivity contribution in [2.75, 3.05) is 6.61 Å². The highest BCUT2D eigenvalue weighted by Gasteiger charge is 1.59. The molecule has 0 amide bonds. The fraction of sp³-hybridized carbons (Fsp3) is 1.00. The van der Waals surface area contributed by atoms with Crippen LogP contribution in [0.1, 0.15) is 6.92 Å². The number of hydrogen-bond donors (Lipinski definition) is 0. The Bertz CT molecular complexity index is 130. The average Bonchev–Trinajstić information content (AvgIpc) is 1.68. The summed E-state index contributed by atoms with van der Waals surface area (Å²) in [5.74, 6) is 0. The Morgan fingerprint density at radius 1 is 1.86 bits per heavy atom. The lowest BCUT2D eigenvalue weighted by atomic mass is 10.9. The van der Waals surface area contributed by atoms with E-state index in [0.29, 0.717) is 6.61 Å². The molecule has 0 aliphatic heterocycles. The van der Waals surface area contributed by atoms with Gasteiger partial charge in [0.05, 0.1) is 0 Å². The molecule has 0 N–H and O–H groups in total. The average molecular weight is 141 g/mol. The van der Waals surface area contributed by atoms with Crippen molar-refractivity contribution in [3.05, 3.63) is 0 Å². The van der Waals surface area contributed by atoms with Gasteiger partial charge in [-0.1, -0.05) is 9.64 Å². The van der Waals surface area contributed by atoms with E-state index in [1.165, 1.54) is 0 Å². The van der Waals surface area contributed by atoms with Gasteiger partial charge in [-0.3, -0.25) is 0 Å². The van der Waals surface area contributed by atoms with Crippen LogP contribution in [0.2, 0.25) is 0 Å². The van der Waals surface area contributed by atoms with Crippen LogP contribution in [0.15, 0.2) is 0 Å². The maximum Gasteiger partial charge on any atom is 0.0229 e. The van der Waals surface area contributed by atoms with Gasteiger partial charge in [0, 0.05) is 6.61 Å². The Hall–Kier alpha value is 0.130. The lowest BCUT2D eigenvalue weighted by molar-refractivity contribution is 0.374. The summed E-state index contributed by atoms with van der Waals surface area (Å²) in [4.78, 5) is 0. The first kappa shape index (κ1) is 7.13. The molecule has 0 aromatic heterocycles. The van der Waals surface area contributed by atoms with Gasteiger partial charge in [0.1, 0.15) is 0 Å². The normalized spacial score (nSPS) is 9.43. The zero-order valence-electron chi connectivity index (χ0n) is 3.75. The summed E-state index contributed by atoms with van der Waals surface area (Å²) >= 11 is 0. The molecule has 44 valence electrons. The lowest BCUT2D eigenvalue weighted by Gasteiger charge is -1.94. The molecule has 0 rings (SSSR count). The van der Waals surface area contributed by atoms with Crippen LogP contribution >= 0.6 is 0 Å². The predicted molar refractivity (Wildman–Crippen MR) is 27.8 cm³/mol. The smallest absolute Gasteiger partial charge is 0.0229 e. The van der Waals surface area contributed by atoms with E-state index >= 15 is 0 Å². The molecule has 0 fully saturated rings. The molecule has 0 unspecified atom stereocenters. The molecule has 5 heteroatoms. The van der Waals surface area contributed by atoms with Gasteiger partial charge in [0.25, 0.3) is 0 Å². The fourth-order valence-electron chi connectivity index (χ4n) is 0.116. The van der Waals surface area contributed by atoms with Crippen LogP contribution < -0.4 is 0 Å². The van der Waals surface area contributed by atoms with Crippen molar-refractivity contribution in [3.8, 4) is 0 Å². The summed E-state index contributed by atoms with van der Waals surface area (Å²) < 4.78 is 23.8. The van der Waals surface area contributed by atoms with Crippen molar-refractivity contribution >= 4 is 19.9 Å². The van der Waals surface area contributed by atoms with Crippen LogP contribution in [0, 0.1) is 0 Å². The second kappa shape index (κ2) is 4.29. The summed E-state index contributed by atoms with van der Waals surface area (Å²) in [6.45, 7) is 2.00. The first-order chi connectivity index (χ1) is 3.31. The minimum atomic E-state index is -1.67. The van der Waals surface area contributed by atoms with Crippen LogP contribution in [0.5, 0.6) is 0 Å². The maximum absolute atomic E-state index is 9.95. The van der Waals surface area contributed by atoms with E-state index in [2.05, 4.69) is 4.18 Å². The van der Waals surface area contributed by atoms with E-state index in [4.69, 9.17) is 0 Å². The van der Waals surface area contributed by atoms with Gasteiger partial charge >= 0.3 is 0 Å². The van der Waals surface area contributed by atoms with E-state index in [1.807, 2.05) is 0 Å². The van der Waals surface area contributed by atoms with Gasteiger partial charge < -0.3 is 8.39 Å². The zero-order chi connectivity index (χ0) is 5.70. The molecule has 0 aliphatic rings. The molecule has 0 saturated carbocycles.